The summed E-state index contributed by atoms with van der Waals surface area (Å²) in [7, 11) is 0. The molecule has 0 aliphatic carbocycles. The van der Waals surface area contributed by atoms with Gasteiger partial charge in [-0.15, -0.1) is 0 Å². The monoisotopic (exact) mass is 441 g/mol. The molecule has 162 valence electrons. The Hall–Kier alpha value is -3.31. The van der Waals surface area contributed by atoms with Gasteiger partial charge in [0.05, 0.1) is 16.6 Å². The lowest BCUT2D eigenvalue weighted by atomic mass is 10.0. The second-order valence-electron chi connectivity index (χ2n) is 7.87. The van der Waals surface area contributed by atoms with E-state index < -0.39 is 0 Å². The van der Waals surface area contributed by atoms with Gasteiger partial charge < -0.3 is 10.3 Å². The van der Waals surface area contributed by atoms with Crippen molar-refractivity contribution in [2.24, 2.45) is 0 Å². The number of carbonyl (C=O) groups excluding carboxylic acids is 1. The molecule has 4 nitrogen and oxygen atoms in total. The van der Waals surface area contributed by atoms with E-state index in [-0.39, 0.29) is 11.2 Å². The SMILES string of the molecule is CCC(Sc1nc(-c2ccc(C)cc2)c(-c2ccc(C)cc2)[nH]1)C(=O)Nc1ccccc1. The summed E-state index contributed by atoms with van der Waals surface area (Å²) in [6.07, 6.45) is 0.698. The lowest BCUT2D eigenvalue weighted by Crippen LogP contribution is -2.24. The number of H-pyrrole nitrogens is 1. The third-order valence-corrected chi connectivity index (χ3v) is 6.55. The molecule has 0 saturated carbocycles. The maximum Gasteiger partial charge on any atom is 0.237 e. The number of hydrogen-bond acceptors (Lipinski definition) is 3. The summed E-state index contributed by atoms with van der Waals surface area (Å²) in [5.74, 6) is -0.0196. The molecule has 0 radical (unpaired) electrons. The molecule has 4 rings (SSSR count). The number of hydrogen-bond donors (Lipinski definition) is 2. The van der Waals surface area contributed by atoms with Gasteiger partial charge in [-0.2, -0.15) is 0 Å². The van der Waals surface area contributed by atoms with Crippen molar-refractivity contribution in [1.82, 2.24) is 9.97 Å². The molecule has 0 bridgehead atoms. The summed E-state index contributed by atoms with van der Waals surface area (Å²) < 4.78 is 0. The Morgan fingerprint density at radius 2 is 1.50 bits per heavy atom. The van der Waals surface area contributed by atoms with E-state index >= 15 is 0 Å². The molecular weight excluding hydrogens is 414 g/mol. The first kappa shape index (κ1) is 21.9. The first-order chi connectivity index (χ1) is 15.5. The van der Waals surface area contributed by atoms with Crippen LogP contribution in [0.1, 0.15) is 24.5 Å². The number of nitrogens with one attached hydrogen (secondary N) is 2. The Kier molecular flexibility index (Phi) is 6.76. The van der Waals surface area contributed by atoms with Crippen molar-refractivity contribution >= 4 is 23.4 Å². The molecule has 1 unspecified atom stereocenters. The maximum atomic E-state index is 12.9. The van der Waals surface area contributed by atoms with Crippen molar-refractivity contribution in [2.75, 3.05) is 5.32 Å². The summed E-state index contributed by atoms with van der Waals surface area (Å²) in [5, 5.41) is 3.50. The van der Waals surface area contributed by atoms with Crippen LogP contribution in [0.4, 0.5) is 5.69 Å². The Labute approximate surface area is 193 Å². The molecule has 0 saturated heterocycles. The fourth-order valence-electron chi connectivity index (χ4n) is 3.46. The minimum atomic E-state index is -0.252. The molecule has 1 atom stereocenters. The zero-order valence-corrected chi connectivity index (χ0v) is 19.4. The lowest BCUT2D eigenvalue weighted by Gasteiger charge is -2.13. The number of para-hydroxylation sites is 1. The molecular formula is C27H27N3OS. The van der Waals surface area contributed by atoms with Crippen LogP contribution in [0.15, 0.2) is 84.0 Å². The van der Waals surface area contributed by atoms with Crippen molar-refractivity contribution in [2.45, 2.75) is 37.6 Å². The van der Waals surface area contributed by atoms with Crippen LogP contribution in [0.25, 0.3) is 22.5 Å². The van der Waals surface area contributed by atoms with E-state index in [0.717, 1.165) is 33.4 Å². The molecule has 0 fully saturated rings. The molecule has 2 N–H and O–H groups in total. The molecule has 4 aromatic rings. The Balaban J connectivity index is 1.64. The quantitative estimate of drug-likeness (QED) is 0.308. The third kappa shape index (κ3) is 5.11. The van der Waals surface area contributed by atoms with Crippen LogP contribution in [0, 0.1) is 13.8 Å². The molecule has 1 aromatic heterocycles. The highest BCUT2D eigenvalue weighted by Gasteiger charge is 2.22. The van der Waals surface area contributed by atoms with Crippen LogP contribution >= 0.6 is 11.8 Å². The summed E-state index contributed by atoms with van der Waals surface area (Å²) in [6.45, 7) is 6.18. The number of thioether (sulfide) groups is 1. The normalized spacial score (nSPS) is 11.8. The van der Waals surface area contributed by atoms with Crippen LogP contribution in [0.2, 0.25) is 0 Å². The Morgan fingerprint density at radius 1 is 0.906 bits per heavy atom. The van der Waals surface area contributed by atoms with Gasteiger partial charge in [-0.3, -0.25) is 4.79 Å². The van der Waals surface area contributed by atoms with Crippen molar-refractivity contribution in [1.29, 1.82) is 0 Å². The van der Waals surface area contributed by atoms with Crippen LogP contribution in [-0.2, 0) is 4.79 Å². The summed E-state index contributed by atoms with van der Waals surface area (Å²) >= 11 is 1.47. The van der Waals surface area contributed by atoms with Gasteiger partial charge in [0.25, 0.3) is 0 Å². The van der Waals surface area contributed by atoms with Crippen LogP contribution in [0.5, 0.6) is 0 Å². The maximum absolute atomic E-state index is 12.9. The minimum absolute atomic E-state index is 0.0196. The van der Waals surface area contributed by atoms with E-state index in [1.54, 1.807) is 0 Å². The summed E-state index contributed by atoms with van der Waals surface area (Å²) in [5.41, 5.74) is 7.21. The highest BCUT2D eigenvalue weighted by Crippen LogP contribution is 2.35. The fraction of sp³-hybridized carbons (Fsp3) is 0.185. The largest absolute Gasteiger partial charge is 0.332 e. The van der Waals surface area contributed by atoms with E-state index in [9.17, 15) is 4.79 Å². The van der Waals surface area contributed by atoms with E-state index in [2.05, 4.69) is 72.7 Å². The Morgan fingerprint density at radius 3 is 2.09 bits per heavy atom. The molecule has 0 aliphatic heterocycles. The summed E-state index contributed by atoms with van der Waals surface area (Å²) in [4.78, 5) is 21.3. The minimum Gasteiger partial charge on any atom is -0.332 e. The van der Waals surface area contributed by atoms with Gasteiger partial charge in [0.1, 0.15) is 0 Å². The van der Waals surface area contributed by atoms with Crippen molar-refractivity contribution in [3.63, 3.8) is 0 Å². The zero-order valence-electron chi connectivity index (χ0n) is 18.6. The predicted octanol–water partition coefficient (Wildman–Crippen LogP) is 6.87. The predicted molar refractivity (Wildman–Crippen MR) is 134 cm³/mol. The number of benzene rings is 3. The van der Waals surface area contributed by atoms with E-state index in [1.807, 2.05) is 37.3 Å². The van der Waals surface area contributed by atoms with Crippen molar-refractivity contribution < 1.29 is 4.79 Å². The highest BCUT2D eigenvalue weighted by atomic mass is 32.2. The molecule has 3 aromatic carbocycles. The Bertz CT molecular complexity index is 1120. The third-order valence-electron chi connectivity index (χ3n) is 5.31. The first-order valence-electron chi connectivity index (χ1n) is 10.8. The second kappa shape index (κ2) is 9.88. The molecule has 5 heteroatoms. The average Bonchev–Trinajstić information content (AvgIpc) is 3.23. The van der Waals surface area contributed by atoms with E-state index in [0.29, 0.717) is 6.42 Å². The molecule has 1 amide bonds. The van der Waals surface area contributed by atoms with Gasteiger partial charge in [0, 0.05) is 16.8 Å². The van der Waals surface area contributed by atoms with Crippen molar-refractivity contribution in [3.8, 4) is 22.5 Å². The number of anilines is 1. The second-order valence-corrected chi connectivity index (χ2v) is 9.06. The highest BCUT2D eigenvalue weighted by molar-refractivity contribution is 8.00. The standard InChI is InChI=1S/C27H27N3OS/c1-4-23(26(31)28-22-8-6-5-7-9-22)32-27-29-24(20-14-10-18(2)11-15-20)25(30-27)21-16-12-19(3)13-17-21/h5-17,23H,4H2,1-3H3,(H,28,31)(H,29,30). The van der Waals surface area contributed by atoms with Crippen LogP contribution in [0.3, 0.4) is 0 Å². The van der Waals surface area contributed by atoms with E-state index in [4.69, 9.17) is 4.98 Å². The zero-order chi connectivity index (χ0) is 22.5. The number of aryl methyl sites for hydroxylation is 2. The van der Waals surface area contributed by atoms with Crippen LogP contribution < -0.4 is 5.32 Å². The van der Waals surface area contributed by atoms with Crippen LogP contribution in [-0.4, -0.2) is 21.1 Å². The fourth-order valence-corrected chi connectivity index (χ4v) is 4.37. The number of aromatic amines is 1. The number of amides is 1. The number of aromatic nitrogens is 2. The summed E-state index contributed by atoms with van der Waals surface area (Å²) in [6, 6.07) is 26.3. The van der Waals surface area contributed by atoms with Gasteiger partial charge in [-0.1, -0.05) is 96.5 Å². The van der Waals surface area contributed by atoms with Gasteiger partial charge in [0.2, 0.25) is 5.91 Å². The van der Waals surface area contributed by atoms with Gasteiger partial charge in [-0.25, -0.2) is 4.98 Å². The van der Waals surface area contributed by atoms with Gasteiger partial charge >= 0.3 is 0 Å². The number of carbonyl (C=O) groups is 1. The smallest absolute Gasteiger partial charge is 0.237 e. The van der Waals surface area contributed by atoms with Gasteiger partial charge in [-0.05, 0) is 32.4 Å². The molecule has 0 spiro atoms. The lowest BCUT2D eigenvalue weighted by molar-refractivity contribution is -0.115. The van der Waals surface area contributed by atoms with Gasteiger partial charge in [0.15, 0.2) is 5.16 Å². The first-order valence-corrected chi connectivity index (χ1v) is 11.7. The van der Waals surface area contributed by atoms with E-state index in [1.165, 1.54) is 22.9 Å². The number of imidazole rings is 1. The number of rotatable bonds is 7. The molecule has 0 aliphatic rings. The van der Waals surface area contributed by atoms with Crippen molar-refractivity contribution in [3.05, 3.63) is 90.0 Å². The average molecular weight is 442 g/mol. The topological polar surface area (TPSA) is 57.8 Å². The molecule has 1 heterocycles. The number of nitrogens with zero attached hydrogens (tertiary/aromatic N) is 1. The molecule has 32 heavy (non-hydrogen) atoms.